The third-order valence-corrected chi connectivity index (χ3v) is 4.85. The second kappa shape index (κ2) is 6.16. The van der Waals surface area contributed by atoms with Gasteiger partial charge in [0.05, 0.1) is 18.9 Å². The van der Waals surface area contributed by atoms with Crippen molar-refractivity contribution in [3.63, 3.8) is 0 Å². The second-order valence-electron chi connectivity index (χ2n) is 6.13. The van der Waals surface area contributed by atoms with Crippen LogP contribution in [0.25, 0.3) is 5.70 Å². The molecule has 26 heavy (non-hydrogen) atoms. The lowest BCUT2D eigenvalue weighted by Gasteiger charge is -2.28. The van der Waals surface area contributed by atoms with Crippen LogP contribution in [0.5, 0.6) is 0 Å². The van der Waals surface area contributed by atoms with E-state index in [0.717, 1.165) is 17.2 Å². The highest BCUT2D eigenvalue weighted by Gasteiger charge is 2.59. The van der Waals surface area contributed by atoms with Gasteiger partial charge >= 0.3 is 6.18 Å². The summed E-state index contributed by atoms with van der Waals surface area (Å²) < 4.78 is 47.2. The normalized spacial score (nSPS) is 22.1. The molecule has 2 aromatic rings. The van der Waals surface area contributed by atoms with Crippen LogP contribution >= 0.6 is 23.2 Å². The Hall–Kier alpha value is -1.73. The number of fused-ring (bicyclic) bond motifs is 1. The molecule has 0 saturated carbocycles. The molecule has 1 unspecified atom stereocenters. The van der Waals surface area contributed by atoms with Crippen molar-refractivity contribution in [2.75, 3.05) is 0 Å². The van der Waals surface area contributed by atoms with E-state index in [1.54, 1.807) is 12.1 Å². The van der Waals surface area contributed by atoms with Gasteiger partial charge in [-0.1, -0.05) is 35.3 Å². The minimum Gasteiger partial charge on any atom is -0.372 e. The van der Waals surface area contributed by atoms with Crippen molar-refractivity contribution < 1.29 is 22.7 Å². The quantitative estimate of drug-likeness (QED) is 0.734. The second-order valence-corrected chi connectivity index (χ2v) is 7.00. The minimum absolute atomic E-state index is 0.0938. The first-order valence-electron chi connectivity index (χ1n) is 7.69. The van der Waals surface area contributed by atoms with Crippen molar-refractivity contribution in [1.82, 2.24) is 5.48 Å². The predicted octanol–water partition coefficient (Wildman–Crippen LogP) is 5.36. The molecule has 4 rings (SSSR count). The van der Waals surface area contributed by atoms with Crippen molar-refractivity contribution in [3.05, 3.63) is 74.8 Å². The molecule has 0 radical (unpaired) electrons. The number of hydrogen-bond acceptors (Lipinski definition) is 3. The molecule has 0 spiro atoms. The third kappa shape index (κ3) is 2.87. The number of nitrogens with one attached hydrogen (secondary N) is 1. The zero-order chi connectivity index (χ0) is 18.5. The van der Waals surface area contributed by atoms with Gasteiger partial charge in [-0.2, -0.15) is 13.2 Å². The van der Waals surface area contributed by atoms with Crippen LogP contribution in [0.4, 0.5) is 13.2 Å². The summed E-state index contributed by atoms with van der Waals surface area (Å²) in [6.07, 6.45) is -3.72. The van der Waals surface area contributed by atoms with E-state index in [1.165, 1.54) is 18.2 Å². The van der Waals surface area contributed by atoms with Crippen LogP contribution in [0.15, 0.2) is 42.5 Å². The molecule has 1 atom stereocenters. The summed E-state index contributed by atoms with van der Waals surface area (Å²) in [5.41, 5.74) is 2.29. The average molecular weight is 402 g/mol. The zero-order valence-electron chi connectivity index (χ0n) is 13.2. The molecule has 2 aliphatic heterocycles. The SMILES string of the molecule is FC(F)(F)C1(c2cc(Cl)cc(Cl)c2)C=C(c2ccc3c(c2)COC3)NO1. The van der Waals surface area contributed by atoms with E-state index >= 15 is 0 Å². The molecule has 1 N–H and O–H groups in total. The van der Waals surface area contributed by atoms with Gasteiger partial charge in [0, 0.05) is 21.2 Å². The Labute approximate surface area is 157 Å². The molecule has 0 amide bonds. The Kier molecular flexibility index (Phi) is 4.19. The topological polar surface area (TPSA) is 30.5 Å². The fourth-order valence-corrected chi connectivity index (χ4v) is 3.62. The third-order valence-electron chi connectivity index (χ3n) is 4.41. The van der Waals surface area contributed by atoms with Crippen molar-refractivity contribution in [2.45, 2.75) is 25.0 Å². The van der Waals surface area contributed by atoms with E-state index in [-0.39, 0.29) is 21.3 Å². The number of alkyl halides is 3. The molecule has 2 aromatic carbocycles. The van der Waals surface area contributed by atoms with Gasteiger partial charge in [0.1, 0.15) is 0 Å². The lowest BCUT2D eigenvalue weighted by molar-refractivity contribution is -0.269. The summed E-state index contributed by atoms with van der Waals surface area (Å²) in [4.78, 5) is 5.07. The van der Waals surface area contributed by atoms with Gasteiger partial charge in [-0.05, 0) is 41.5 Å². The standard InChI is InChI=1S/C18H12Cl2F3NO2/c19-14-4-13(5-15(20)6-14)17(18(21,22)23)7-16(24-26-17)10-1-2-11-8-25-9-12(11)3-10/h1-7,24H,8-9H2. The van der Waals surface area contributed by atoms with Gasteiger partial charge in [-0.3, -0.25) is 10.3 Å². The van der Waals surface area contributed by atoms with Gasteiger partial charge in [-0.15, -0.1) is 0 Å². The molecular formula is C18H12Cl2F3NO2. The number of ether oxygens (including phenoxy) is 1. The fourth-order valence-electron chi connectivity index (χ4n) is 3.09. The van der Waals surface area contributed by atoms with E-state index in [9.17, 15) is 13.2 Å². The number of rotatable bonds is 2. The largest absolute Gasteiger partial charge is 0.428 e. The highest BCUT2D eigenvalue weighted by molar-refractivity contribution is 6.34. The van der Waals surface area contributed by atoms with E-state index in [1.807, 2.05) is 6.07 Å². The van der Waals surface area contributed by atoms with Crippen LogP contribution in [-0.2, 0) is 28.4 Å². The van der Waals surface area contributed by atoms with Crippen molar-refractivity contribution >= 4 is 28.9 Å². The van der Waals surface area contributed by atoms with Crippen LogP contribution < -0.4 is 5.48 Å². The highest BCUT2D eigenvalue weighted by atomic mass is 35.5. The van der Waals surface area contributed by atoms with Crippen molar-refractivity contribution in [3.8, 4) is 0 Å². The number of hydrogen-bond donors (Lipinski definition) is 1. The summed E-state index contributed by atoms with van der Waals surface area (Å²) in [5.74, 6) is 0. The van der Waals surface area contributed by atoms with E-state index < -0.39 is 11.8 Å². The molecule has 8 heteroatoms. The molecule has 2 heterocycles. The predicted molar refractivity (Wildman–Crippen MR) is 91.3 cm³/mol. The lowest BCUT2D eigenvalue weighted by Crippen LogP contribution is -2.42. The first kappa shape index (κ1) is 17.7. The summed E-state index contributed by atoms with van der Waals surface area (Å²) >= 11 is 11.8. The smallest absolute Gasteiger partial charge is 0.372 e. The fraction of sp³-hybridized carbons (Fsp3) is 0.222. The molecule has 0 aliphatic carbocycles. The van der Waals surface area contributed by atoms with E-state index in [4.69, 9.17) is 32.8 Å². The van der Waals surface area contributed by atoms with E-state index in [0.29, 0.717) is 18.8 Å². The van der Waals surface area contributed by atoms with Gasteiger partial charge in [0.25, 0.3) is 0 Å². The Morgan fingerprint density at radius 2 is 1.65 bits per heavy atom. The molecule has 0 bridgehead atoms. The highest BCUT2D eigenvalue weighted by Crippen LogP contribution is 2.48. The van der Waals surface area contributed by atoms with Crippen molar-refractivity contribution in [1.29, 1.82) is 0 Å². The van der Waals surface area contributed by atoms with Crippen LogP contribution in [0, 0.1) is 0 Å². The number of benzene rings is 2. The van der Waals surface area contributed by atoms with Crippen molar-refractivity contribution in [2.24, 2.45) is 0 Å². The molecule has 136 valence electrons. The maximum atomic E-state index is 14.0. The molecule has 0 aromatic heterocycles. The lowest BCUT2D eigenvalue weighted by atomic mass is 9.91. The van der Waals surface area contributed by atoms with Crippen LogP contribution in [0.2, 0.25) is 10.0 Å². The average Bonchev–Trinajstić information content (AvgIpc) is 3.20. The van der Waals surface area contributed by atoms with Gasteiger partial charge in [-0.25, -0.2) is 0 Å². The van der Waals surface area contributed by atoms with Gasteiger partial charge in [0.2, 0.25) is 5.60 Å². The molecule has 2 aliphatic rings. The molecule has 0 saturated heterocycles. The number of halogens is 5. The summed E-state index contributed by atoms with van der Waals surface area (Å²) in [5, 5.41) is 0.188. The minimum atomic E-state index is -4.73. The molecule has 3 nitrogen and oxygen atoms in total. The Morgan fingerprint density at radius 3 is 2.35 bits per heavy atom. The molecular weight excluding hydrogens is 390 g/mol. The Morgan fingerprint density at radius 1 is 0.962 bits per heavy atom. The van der Waals surface area contributed by atoms with E-state index in [2.05, 4.69) is 5.48 Å². The van der Waals surface area contributed by atoms with Crippen LogP contribution in [-0.4, -0.2) is 6.18 Å². The molecule has 0 fully saturated rings. The Balaban J connectivity index is 1.82. The Bertz CT molecular complexity index is 894. The maximum absolute atomic E-state index is 14.0. The van der Waals surface area contributed by atoms with Gasteiger partial charge in [0.15, 0.2) is 0 Å². The summed E-state index contributed by atoms with van der Waals surface area (Å²) in [6, 6.07) is 9.11. The number of hydroxylamine groups is 1. The zero-order valence-corrected chi connectivity index (χ0v) is 14.7. The maximum Gasteiger partial charge on any atom is 0.428 e. The van der Waals surface area contributed by atoms with Gasteiger partial charge < -0.3 is 4.74 Å². The monoisotopic (exact) mass is 401 g/mol. The summed E-state index contributed by atoms with van der Waals surface area (Å²) in [7, 11) is 0. The first-order valence-corrected chi connectivity index (χ1v) is 8.44. The summed E-state index contributed by atoms with van der Waals surface area (Å²) in [6.45, 7) is 0.942. The van der Waals surface area contributed by atoms with Crippen LogP contribution in [0.1, 0.15) is 22.3 Å². The van der Waals surface area contributed by atoms with Crippen LogP contribution in [0.3, 0.4) is 0 Å². The first-order chi connectivity index (χ1) is 12.3.